The lowest BCUT2D eigenvalue weighted by Gasteiger charge is -2.18. The Morgan fingerprint density at radius 3 is 2.91 bits per heavy atom. The van der Waals surface area contributed by atoms with Crippen LogP contribution in [-0.4, -0.2) is 51.7 Å². The SMILES string of the molecule is C=c1cccc(S(=O)(=O)N2C[C@@H]3CCN[C@@H]3C2)/c1=C(C)/C=N\C. The van der Waals surface area contributed by atoms with E-state index in [2.05, 4.69) is 16.9 Å². The van der Waals surface area contributed by atoms with Gasteiger partial charge >= 0.3 is 0 Å². The van der Waals surface area contributed by atoms with Gasteiger partial charge in [0.05, 0.1) is 4.90 Å². The van der Waals surface area contributed by atoms with E-state index in [-0.39, 0.29) is 0 Å². The van der Waals surface area contributed by atoms with Crippen molar-refractivity contribution in [1.29, 1.82) is 0 Å². The van der Waals surface area contributed by atoms with Gasteiger partial charge in [0, 0.05) is 37.6 Å². The zero-order valence-electron chi connectivity index (χ0n) is 13.6. The van der Waals surface area contributed by atoms with Gasteiger partial charge in [-0.1, -0.05) is 18.7 Å². The minimum atomic E-state index is -3.53. The molecule has 23 heavy (non-hydrogen) atoms. The highest BCUT2D eigenvalue weighted by Crippen LogP contribution is 2.28. The third-order valence-corrected chi connectivity index (χ3v) is 6.65. The predicted octanol–water partition coefficient (Wildman–Crippen LogP) is -0.0495. The molecular formula is C17H23N3O2S. The fourth-order valence-electron chi connectivity index (χ4n) is 3.64. The largest absolute Gasteiger partial charge is 0.312 e. The Morgan fingerprint density at radius 2 is 2.22 bits per heavy atom. The minimum absolute atomic E-state index is 0.290. The fraction of sp³-hybridized carbons (Fsp3) is 0.471. The van der Waals surface area contributed by atoms with Gasteiger partial charge in [0.25, 0.3) is 0 Å². The van der Waals surface area contributed by atoms with Gasteiger partial charge in [-0.05, 0) is 42.7 Å². The van der Waals surface area contributed by atoms with E-state index >= 15 is 0 Å². The molecule has 2 fully saturated rings. The van der Waals surface area contributed by atoms with Crippen molar-refractivity contribution >= 4 is 28.4 Å². The Labute approximate surface area is 137 Å². The topological polar surface area (TPSA) is 61.8 Å². The quantitative estimate of drug-likeness (QED) is 0.789. The minimum Gasteiger partial charge on any atom is -0.312 e. The summed E-state index contributed by atoms with van der Waals surface area (Å²) in [6.45, 7) is 8.01. The molecule has 2 atom stereocenters. The van der Waals surface area contributed by atoms with Gasteiger partial charge in [-0.25, -0.2) is 8.42 Å². The number of hydrogen-bond donors (Lipinski definition) is 1. The first kappa shape index (κ1) is 16.4. The van der Waals surface area contributed by atoms with Crippen LogP contribution in [0.25, 0.3) is 12.2 Å². The molecule has 0 unspecified atom stereocenters. The zero-order valence-corrected chi connectivity index (χ0v) is 14.4. The normalized spacial score (nSPS) is 26.7. The van der Waals surface area contributed by atoms with Crippen molar-refractivity contribution in [2.75, 3.05) is 26.7 Å². The van der Waals surface area contributed by atoms with Crippen LogP contribution in [0.1, 0.15) is 13.3 Å². The lowest BCUT2D eigenvalue weighted by Crippen LogP contribution is -2.39. The van der Waals surface area contributed by atoms with Gasteiger partial charge < -0.3 is 5.32 Å². The fourth-order valence-corrected chi connectivity index (χ4v) is 5.47. The number of fused-ring (bicyclic) bond motifs is 1. The average Bonchev–Trinajstić information content (AvgIpc) is 3.08. The lowest BCUT2D eigenvalue weighted by atomic mass is 10.1. The molecule has 6 heteroatoms. The molecule has 2 aliphatic rings. The van der Waals surface area contributed by atoms with Crippen molar-refractivity contribution in [3.05, 3.63) is 28.6 Å². The first-order valence-electron chi connectivity index (χ1n) is 7.89. The maximum absolute atomic E-state index is 13.2. The number of aliphatic imine (C=N–C) groups is 1. The highest BCUT2D eigenvalue weighted by Gasteiger charge is 2.41. The smallest absolute Gasteiger partial charge is 0.243 e. The van der Waals surface area contributed by atoms with E-state index in [0.717, 1.165) is 18.5 Å². The zero-order chi connectivity index (χ0) is 16.6. The van der Waals surface area contributed by atoms with Crippen LogP contribution in [0.3, 0.4) is 0 Å². The molecule has 0 spiro atoms. The molecule has 124 valence electrons. The molecule has 0 bridgehead atoms. The molecular weight excluding hydrogens is 310 g/mol. The van der Waals surface area contributed by atoms with Gasteiger partial charge in [-0.3, -0.25) is 4.99 Å². The van der Waals surface area contributed by atoms with Crippen molar-refractivity contribution in [3.8, 4) is 0 Å². The van der Waals surface area contributed by atoms with Crippen LogP contribution in [0.4, 0.5) is 0 Å². The highest BCUT2D eigenvalue weighted by atomic mass is 32.2. The molecule has 2 heterocycles. The van der Waals surface area contributed by atoms with Gasteiger partial charge in [-0.2, -0.15) is 4.31 Å². The van der Waals surface area contributed by atoms with E-state index in [9.17, 15) is 8.42 Å². The summed E-state index contributed by atoms with van der Waals surface area (Å²) >= 11 is 0. The maximum atomic E-state index is 13.2. The Hall–Kier alpha value is -1.50. The maximum Gasteiger partial charge on any atom is 0.243 e. The molecule has 0 amide bonds. The Balaban J connectivity index is 2.10. The van der Waals surface area contributed by atoms with Crippen LogP contribution in [-0.2, 0) is 10.0 Å². The van der Waals surface area contributed by atoms with E-state index < -0.39 is 10.0 Å². The molecule has 3 rings (SSSR count). The van der Waals surface area contributed by atoms with Crippen LogP contribution in [0.15, 0.2) is 28.1 Å². The molecule has 1 aromatic carbocycles. The third kappa shape index (κ3) is 2.86. The summed E-state index contributed by atoms with van der Waals surface area (Å²) in [6, 6.07) is 5.55. The molecule has 0 aliphatic carbocycles. The standard InChI is InChI=1S/C17H23N3O2S/c1-12-5-4-6-16(17(12)13(2)9-18-3)23(21,22)20-10-14-7-8-19-15(14)11-20/h4-6,9,14-15,19H,1,7-8,10-11H2,2-3H3/b17-13+,18-9-/t14-,15+/m0/s1. The Morgan fingerprint density at radius 1 is 1.43 bits per heavy atom. The summed E-state index contributed by atoms with van der Waals surface area (Å²) in [5.41, 5.74) is 0.814. The number of hydrogen-bond acceptors (Lipinski definition) is 4. The monoisotopic (exact) mass is 333 g/mol. The van der Waals surface area contributed by atoms with Gasteiger partial charge in [-0.15, -0.1) is 0 Å². The van der Waals surface area contributed by atoms with Crippen LogP contribution in [0.5, 0.6) is 0 Å². The van der Waals surface area contributed by atoms with E-state index in [1.54, 1.807) is 29.7 Å². The molecule has 1 N–H and O–H groups in total. The summed E-state index contributed by atoms with van der Waals surface area (Å²) in [6.07, 6.45) is 2.73. The van der Waals surface area contributed by atoms with Crippen molar-refractivity contribution in [3.63, 3.8) is 0 Å². The lowest BCUT2D eigenvalue weighted by molar-refractivity contribution is 0.447. The molecule has 2 saturated heterocycles. The number of nitrogens with one attached hydrogen (secondary N) is 1. The molecule has 0 aromatic heterocycles. The van der Waals surface area contributed by atoms with Crippen molar-refractivity contribution < 1.29 is 8.42 Å². The predicted molar refractivity (Wildman–Crippen MR) is 93.4 cm³/mol. The summed E-state index contributed by atoms with van der Waals surface area (Å²) in [4.78, 5) is 4.35. The van der Waals surface area contributed by atoms with E-state index in [1.165, 1.54) is 0 Å². The van der Waals surface area contributed by atoms with Crippen LogP contribution >= 0.6 is 0 Å². The van der Waals surface area contributed by atoms with E-state index in [0.29, 0.717) is 40.4 Å². The second-order valence-electron chi connectivity index (χ2n) is 6.29. The second-order valence-corrected chi connectivity index (χ2v) is 8.20. The Bertz CT molecular complexity index is 833. The van der Waals surface area contributed by atoms with E-state index in [1.807, 2.05) is 13.0 Å². The van der Waals surface area contributed by atoms with Crippen LogP contribution in [0.2, 0.25) is 0 Å². The third-order valence-electron chi connectivity index (χ3n) is 4.78. The summed E-state index contributed by atoms with van der Waals surface area (Å²) in [5, 5.41) is 4.78. The Kier molecular flexibility index (Phi) is 4.40. The molecule has 5 nitrogen and oxygen atoms in total. The first-order chi connectivity index (χ1) is 10.9. The van der Waals surface area contributed by atoms with Crippen LogP contribution < -0.4 is 15.8 Å². The van der Waals surface area contributed by atoms with Crippen molar-refractivity contribution in [1.82, 2.24) is 9.62 Å². The number of rotatable bonds is 3. The average molecular weight is 333 g/mol. The second kappa shape index (κ2) is 6.19. The van der Waals surface area contributed by atoms with Crippen molar-refractivity contribution in [2.24, 2.45) is 10.9 Å². The van der Waals surface area contributed by atoms with E-state index in [4.69, 9.17) is 0 Å². The first-order valence-corrected chi connectivity index (χ1v) is 9.33. The summed E-state index contributed by atoms with van der Waals surface area (Å²) in [7, 11) is -1.85. The van der Waals surface area contributed by atoms with Gasteiger partial charge in [0.2, 0.25) is 10.0 Å². The number of sulfonamides is 1. The van der Waals surface area contributed by atoms with Gasteiger partial charge in [0.15, 0.2) is 0 Å². The molecule has 0 radical (unpaired) electrons. The number of benzene rings is 1. The molecule has 1 aromatic rings. The molecule has 2 aliphatic heterocycles. The van der Waals surface area contributed by atoms with Crippen LogP contribution in [0, 0.1) is 5.92 Å². The summed E-state index contributed by atoms with van der Waals surface area (Å²) in [5.74, 6) is 0.429. The highest BCUT2D eigenvalue weighted by molar-refractivity contribution is 7.89. The summed E-state index contributed by atoms with van der Waals surface area (Å²) < 4.78 is 27.9. The molecule has 0 saturated carbocycles. The number of nitrogens with zero attached hydrogens (tertiary/aromatic N) is 2. The van der Waals surface area contributed by atoms with Gasteiger partial charge in [0.1, 0.15) is 0 Å². The van der Waals surface area contributed by atoms with Crippen molar-refractivity contribution in [2.45, 2.75) is 24.3 Å².